The van der Waals surface area contributed by atoms with Gasteiger partial charge < -0.3 is 50.0 Å². The van der Waals surface area contributed by atoms with Gasteiger partial charge in [0.25, 0.3) is 0 Å². The summed E-state index contributed by atoms with van der Waals surface area (Å²) in [5.41, 5.74) is -3.54. The van der Waals surface area contributed by atoms with Gasteiger partial charge in [0.05, 0.1) is 48.8 Å². The summed E-state index contributed by atoms with van der Waals surface area (Å²) in [6.45, 7) is 11.9. The molecule has 7 fully saturated rings. The Balaban J connectivity index is 1.17. The topological polar surface area (TPSA) is 169 Å². The van der Waals surface area contributed by atoms with Gasteiger partial charge in [-0.2, -0.15) is 0 Å². The Morgan fingerprint density at radius 3 is 2.16 bits per heavy atom. The minimum atomic E-state index is -1.32. The van der Waals surface area contributed by atoms with Crippen molar-refractivity contribution in [2.24, 2.45) is 44.8 Å². The Morgan fingerprint density at radius 1 is 0.822 bits per heavy atom. The second-order valence-electron chi connectivity index (χ2n) is 18.1. The summed E-state index contributed by atoms with van der Waals surface area (Å²) in [6.07, 6.45) is 0.117. The Labute approximate surface area is 267 Å². The fraction of sp³-hybridized carbons (Fsp3) is 1.00. The first-order valence-corrected chi connectivity index (χ1v) is 17.5. The number of hydrogen-bond acceptors (Lipinski definition) is 10. The highest BCUT2D eigenvalue weighted by molar-refractivity contribution is 5.34. The monoisotopic (exact) mass is 638 g/mol. The van der Waals surface area contributed by atoms with E-state index < -0.39 is 64.8 Å². The van der Waals surface area contributed by atoms with Crippen LogP contribution in [0.5, 0.6) is 0 Å². The molecule has 0 unspecified atom stereocenters. The molecule has 2 aliphatic heterocycles. The first kappa shape index (κ1) is 33.1. The van der Waals surface area contributed by atoms with Crippen LogP contribution < -0.4 is 0 Å². The van der Waals surface area contributed by atoms with Gasteiger partial charge in [-0.3, -0.25) is 0 Å². The molecule has 2 spiro atoms. The second kappa shape index (κ2) is 10.1. The minimum Gasteiger partial charge on any atom is -0.396 e. The van der Waals surface area contributed by atoms with E-state index >= 15 is 0 Å². The van der Waals surface area contributed by atoms with Crippen molar-refractivity contribution in [3.63, 3.8) is 0 Å². The molecule has 45 heavy (non-hydrogen) atoms. The Morgan fingerprint density at radius 2 is 1.51 bits per heavy atom. The van der Waals surface area contributed by atoms with E-state index in [2.05, 4.69) is 20.8 Å². The van der Waals surface area contributed by atoms with Crippen LogP contribution in [0.25, 0.3) is 0 Å². The number of ether oxygens (including phenoxy) is 3. The maximum atomic E-state index is 12.4. The lowest BCUT2D eigenvalue weighted by atomic mass is 9.40. The van der Waals surface area contributed by atoms with Crippen molar-refractivity contribution >= 4 is 0 Å². The van der Waals surface area contributed by atoms with Crippen LogP contribution in [-0.4, -0.2) is 109 Å². The van der Waals surface area contributed by atoms with Gasteiger partial charge in [0.1, 0.15) is 18.3 Å². The Kier molecular flexibility index (Phi) is 7.42. The summed E-state index contributed by atoms with van der Waals surface area (Å²) in [5, 5.41) is 77.2. The molecule has 7 aliphatic rings. The van der Waals surface area contributed by atoms with Crippen molar-refractivity contribution in [2.45, 2.75) is 160 Å². The second-order valence-corrected chi connectivity index (χ2v) is 18.1. The van der Waals surface area contributed by atoms with Crippen molar-refractivity contribution in [3.8, 4) is 0 Å². The molecule has 0 radical (unpaired) electrons. The van der Waals surface area contributed by atoms with Gasteiger partial charge in [-0.1, -0.05) is 20.8 Å². The van der Waals surface area contributed by atoms with Crippen LogP contribution in [-0.2, 0) is 14.2 Å². The van der Waals surface area contributed by atoms with Crippen LogP contribution in [0.2, 0.25) is 0 Å². The van der Waals surface area contributed by atoms with E-state index in [-0.39, 0.29) is 47.6 Å². The van der Waals surface area contributed by atoms with Gasteiger partial charge in [0.15, 0.2) is 6.29 Å². The third kappa shape index (κ3) is 4.10. The summed E-state index contributed by atoms with van der Waals surface area (Å²) >= 11 is 0. The predicted octanol–water partition coefficient (Wildman–Crippen LogP) is 1.87. The van der Waals surface area contributed by atoms with Crippen LogP contribution in [0, 0.1) is 44.8 Å². The molecule has 5 aliphatic carbocycles. The first-order chi connectivity index (χ1) is 20.8. The molecular weight excluding hydrogens is 580 g/mol. The van der Waals surface area contributed by atoms with Crippen molar-refractivity contribution < 1.29 is 50.0 Å². The molecule has 10 nitrogen and oxygen atoms in total. The quantitative estimate of drug-likeness (QED) is 0.221. The Hall–Kier alpha value is -0.400. The summed E-state index contributed by atoms with van der Waals surface area (Å²) in [7, 11) is 0. The summed E-state index contributed by atoms with van der Waals surface area (Å²) in [5.74, 6) is 0.0995. The highest BCUT2D eigenvalue weighted by Crippen LogP contribution is 2.89. The lowest BCUT2D eigenvalue weighted by Gasteiger charge is -2.65. The zero-order valence-electron chi connectivity index (χ0n) is 28.0. The van der Waals surface area contributed by atoms with E-state index in [1.807, 2.05) is 6.92 Å². The van der Waals surface area contributed by atoms with Crippen molar-refractivity contribution in [2.75, 3.05) is 13.2 Å². The lowest BCUT2D eigenvalue weighted by molar-refractivity contribution is -0.304. The average Bonchev–Trinajstić information content (AvgIpc) is 3.27. The molecule has 0 aromatic rings. The maximum absolute atomic E-state index is 12.4. The van der Waals surface area contributed by atoms with Crippen LogP contribution in [0.15, 0.2) is 0 Å². The molecule has 258 valence electrons. The fourth-order valence-corrected chi connectivity index (χ4v) is 13.5. The number of fused-ring (bicyclic) bond motifs is 2. The lowest BCUT2D eigenvalue weighted by Crippen LogP contribution is -2.66. The number of hydrogen-bond donors (Lipinski definition) is 7. The molecule has 2 heterocycles. The van der Waals surface area contributed by atoms with Crippen LogP contribution in [0.3, 0.4) is 0 Å². The number of aliphatic hydroxyl groups is 7. The molecule has 7 rings (SSSR count). The first-order valence-electron chi connectivity index (χ1n) is 17.5. The largest absolute Gasteiger partial charge is 0.396 e. The summed E-state index contributed by atoms with van der Waals surface area (Å²) in [6, 6.07) is 0. The van der Waals surface area contributed by atoms with Crippen molar-refractivity contribution in [1.29, 1.82) is 0 Å². The van der Waals surface area contributed by atoms with Gasteiger partial charge >= 0.3 is 0 Å². The third-order valence-corrected chi connectivity index (χ3v) is 15.5. The van der Waals surface area contributed by atoms with Gasteiger partial charge in [-0.15, -0.1) is 0 Å². The molecule has 10 heteroatoms. The molecule has 7 N–H and O–H groups in total. The Bertz CT molecular complexity index is 1170. The van der Waals surface area contributed by atoms with E-state index in [4.69, 9.17) is 14.2 Å². The average molecular weight is 639 g/mol. The van der Waals surface area contributed by atoms with Gasteiger partial charge in [-0.25, -0.2) is 0 Å². The van der Waals surface area contributed by atoms with Crippen molar-refractivity contribution in [1.82, 2.24) is 0 Å². The van der Waals surface area contributed by atoms with Gasteiger partial charge in [-0.05, 0) is 112 Å². The fourth-order valence-electron chi connectivity index (χ4n) is 13.5. The standard InChI is InChI=1S/C35H58O10/c1-29(2)20-7-8-21-31(5)13-18(37)27(32(6)11-9-24(45-32)30(3,4)42)35(31,17-36)22(39)14-34(21)16-33(20,34)12-10-23(29)44-28-26(41)25(40)19(38)15-43-28/h18-28,36-42H,7-17H2,1-6H3/t18-,19+,20-,21-,22+,23-,24-,25-,26+,27-,28-,31-,32+,33+,34-,35+/m0/s1. The van der Waals surface area contributed by atoms with Gasteiger partial charge in [0, 0.05) is 11.3 Å². The van der Waals surface area contributed by atoms with Crippen LogP contribution in [0.1, 0.15) is 99.3 Å². The molecule has 16 atom stereocenters. The third-order valence-electron chi connectivity index (χ3n) is 15.5. The minimum absolute atomic E-state index is 0.0232. The highest BCUT2D eigenvalue weighted by Gasteiger charge is 2.86. The molecule has 0 amide bonds. The normalized spacial score (nSPS) is 58.7. The summed E-state index contributed by atoms with van der Waals surface area (Å²) in [4.78, 5) is 0. The number of rotatable bonds is 5. The van der Waals surface area contributed by atoms with E-state index in [9.17, 15) is 35.7 Å². The SMILES string of the molecule is CC(C)(O)[C@@H]1CC[C@](C)([C@@H]2[C@@H](O)C[C@@]3(C)[C@@H]4CC[C@H]5C(C)(C)[C@@H](O[C@@H]6OC[C@@H](O)[C@H](O)[C@H]6O)CC[C@@]56C[C@@]46C[C@@H](O)[C@]23CO)O1. The predicted molar refractivity (Wildman–Crippen MR) is 163 cm³/mol. The smallest absolute Gasteiger partial charge is 0.186 e. The zero-order valence-corrected chi connectivity index (χ0v) is 28.0. The van der Waals surface area contributed by atoms with E-state index in [1.165, 1.54) is 0 Å². The van der Waals surface area contributed by atoms with Crippen molar-refractivity contribution in [3.05, 3.63) is 0 Å². The molecular formula is C35H58O10. The summed E-state index contributed by atoms with van der Waals surface area (Å²) < 4.78 is 18.6. The van der Waals surface area contributed by atoms with E-state index in [1.54, 1.807) is 13.8 Å². The maximum Gasteiger partial charge on any atom is 0.186 e. The molecule has 0 bridgehead atoms. The number of aliphatic hydroxyl groups excluding tert-OH is 6. The van der Waals surface area contributed by atoms with Gasteiger partial charge in [0.2, 0.25) is 0 Å². The van der Waals surface area contributed by atoms with Crippen LogP contribution in [0.4, 0.5) is 0 Å². The van der Waals surface area contributed by atoms with E-state index in [0.29, 0.717) is 31.6 Å². The molecule has 2 saturated heterocycles. The molecule has 0 aromatic heterocycles. The zero-order chi connectivity index (χ0) is 32.8. The molecule has 5 saturated carbocycles. The van der Waals surface area contributed by atoms with Crippen LogP contribution >= 0.6 is 0 Å². The van der Waals surface area contributed by atoms with E-state index in [0.717, 1.165) is 32.1 Å². The molecule has 0 aromatic carbocycles. The highest BCUT2D eigenvalue weighted by atomic mass is 16.7.